The number of pyridine rings is 1. The molecule has 5 aromatic rings. The number of nitrogens with one attached hydrogen (secondary N) is 3. The number of carbonyl (C=O) groups is 1. The van der Waals surface area contributed by atoms with Crippen LogP contribution in [0.3, 0.4) is 0 Å². The van der Waals surface area contributed by atoms with Gasteiger partial charge in [0.1, 0.15) is 23.1 Å². The highest BCUT2D eigenvalue weighted by Crippen LogP contribution is 2.55. The molecule has 0 radical (unpaired) electrons. The number of amides is 1. The van der Waals surface area contributed by atoms with Gasteiger partial charge in [0, 0.05) is 81.0 Å². The van der Waals surface area contributed by atoms with Gasteiger partial charge in [0.05, 0.1) is 39.9 Å². The Labute approximate surface area is 428 Å². The SMILES string of the molecule is COC1(C)CCC(CNc2ccc(S(=O)(=O)NC(=O)c3ccc(N4CCC5(CC4)CC(N4CCC[C@H]4c4ccccc4C(C)C)C5)cc3N3C[C@@H]4COCC[C@H]4Oc4nc5[nH]ccc5cc43)cc2[N+](=O)[O-])CC1. The molecule has 1 spiro atoms. The highest BCUT2D eigenvalue weighted by Gasteiger charge is 2.50. The number of fused-ring (bicyclic) bond motifs is 3. The Morgan fingerprint density at radius 3 is 2.53 bits per heavy atom. The zero-order valence-corrected chi connectivity index (χ0v) is 43.4. The van der Waals surface area contributed by atoms with E-state index in [1.54, 1.807) is 13.2 Å². The van der Waals surface area contributed by atoms with Crippen LogP contribution in [0.4, 0.5) is 28.4 Å². The first-order chi connectivity index (χ1) is 35.2. The number of aromatic nitrogens is 2. The van der Waals surface area contributed by atoms with Gasteiger partial charge < -0.3 is 34.3 Å². The third-order valence-corrected chi connectivity index (χ3v) is 18.9. The van der Waals surface area contributed by atoms with Crippen LogP contribution >= 0.6 is 0 Å². The van der Waals surface area contributed by atoms with Crippen molar-refractivity contribution < 1.29 is 32.3 Å². The third-order valence-electron chi connectivity index (χ3n) is 17.6. The van der Waals surface area contributed by atoms with E-state index in [2.05, 4.69) is 69.9 Å². The minimum Gasteiger partial charge on any atom is -0.472 e. The number of nitro benzene ring substituents is 1. The van der Waals surface area contributed by atoms with Gasteiger partial charge in [-0.1, -0.05) is 38.1 Å². The zero-order chi connectivity index (χ0) is 50.6. The van der Waals surface area contributed by atoms with E-state index in [1.165, 1.54) is 48.9 Å². The number of rotatable bonds is 13. The summed E-state index contributed by atoms with van der Waals surface area (Å²) in [6, 6.07) is 23.4. The number of hydrogen-bond donors (Lipinski definition) is 3. The normalized spacial score (nSPS) is 25.4. The molecule has 73 heavy (non-hydrogen) atoms. The van der Waals surface area contributed by atoms with Crippen molar-refractivity contribution in [3.8, 4) is 5.88 Å². The molecule has 16 nitrogen and oxygen atoms in total. The first-order valence-electron chi connectivity index (χ1n) is 26.6. The predicted molar refractivity (Wildman–Crippen MR) is 283 cm³/mol. The molecular formula is C56H70N8O8S. The maximum atomic E-state index is 14.7. The Hall–Kier alpha value is -5.75. The topological polar surface area (TPSA) is 184 Å². The summed E-state index contributed by atoms with van der Waals surface area (Å²) >= 11 is 0. The van der Waals surface area contributed by atoms with Gasteiger partial charge in [0.2, 0.25) is 5.88 Å². The number of hydrogen-bond acceptors (Lipinski definition) is 13. The maximum Gasteiger partial charge on any atom is 0.293 e. The molecular weight excluding hydrogens is 945 g/mol. The first kappa shape index (κ1) is 49.5. The number of nitrogens with zero attached hydrogens (tertiary/aromatic N) is 5. The highest BCUT2D eigenvalue weighted by atomic mass is 32.2. The number of nitro groups is 1. The smallest absolute Gasteiger partial charge is 0.293 e. The fourth-order valence-corrected chi connectivity index (χ4v) is 14.0. The molecule has 6 heterocycles. The number of ether oxygens (including phenoxy) is 3. The van der Waals surface area contributed by atoms with Crippen LogP contribution in [0.15, 0.2) is 83.9 Å². The Bertz CT molecular complexity index is 2970. The van der Waals surface area contributed by atoms with E-state index < -0.39 is 20.9 Å². The van der Waals surface area contributed by atoms with Crippen molar-refractivity contribution in [1.29, 1.82) is 0 Å². The number of anilines is 4. The average molecular weight is 1020 g/mol. The highest BCUT2D eigenvalue weighted by molar-refractivity contribution is 7.90. The molecule has 3 saturated heterocycles. The lowest BCUT2D eigenvalue weighted by molar-refractivity contribution is -0.384. The summed E-state index contributed by atoms with van der Waals surface area (Å²) < 4.78 is 49.1. The van der Waals surface area contributed by atoms with Crippen LogP contribution in [0.25, 0.3) is 11.0 Å². The van der Waals surface area contributed by atoms with Crippen LogP contribution in [0.5, 0.6) is 5.88 Å². The van der Waals surface area contributed by atoms with Crippen LogP contribution in [-0.2, 0) is 19.5 Å². The summed E-state index contributed by atoms with van der Waals surface area (Å²) in [7, 11) is -2.88. The standard InChI is InChI=1S/C56H70N8O8S/c1-36(2)43-8-5-6-9-44(43)47-10-7-24-62(47)41-31-56(32-41)21-25-61(26-22-56)40-11-13-45(48(29-40)63-34-39-35-71-27-18-51(39)72-54-50(63)28-38-17-23-57-52(38)59-54)53(65)60-73(68,69)42-12-14-46(49(30-42)64(66)67)58-33-37-15-19-55(3,70-4)20-16-37/h5-6,8-9,11-14,17,23,28-30,36-37,39,41,47,51,58H,7,10,15-16,18-22,24-27,31-35H2,1-4H3,(H,57,59)(H,60,65)/t37?,39-,47+,51-,55?/m1/s1. The number of piperidine rings is 1. The molecule has 3 N–H and O–H groups in total. The van der Waals surface area contributed by atoms with Crippen LogP contribution in [0.2, 0.25) is 0 Å². The molecule has 2 aliphatic carbocycles. The van der Waals surface area contributed by atoms with E-state index in [-0.39, 0.29) is 45.4 Å². The number of likely N-dealkylation sites (tertiary alicyclic amines) is 1. The maximum absolute atomic E-state index is 14.7. The number of benzene rings is 3. The lowest BCUT2D eigenvalue weighted by Crippen LogP contribution is -2.55. The van der Waals surface area contributed by atoms with E-state index >= 15 is 0 Å². The zero-order valence-electron chi connectivity index (χ0n) is 42.6. The number of carbonyl (C=O) groups excluding carboxylic acids is 1. The Morgan fingerprint density at radius 1 is 0.973 bits per heavy atom. The second-order valence-corrected chi connectivity index (χ2v) is 24.1. The monoisotopic (exact) mass is 1010 g/mol. The summed E-state index contributed by atoms with van der Waals surface area (Å²) in [5, 5.41) is 16.5. The van der Waals surface area contributed by atoms with Crippen LogP contribution in [0, 0.1) is 27.4 Å². The van der Waals surface area contributed by atoms with Gasteiger partial charge >= 0.3 is 0 Å². The van der Waals surface area contributed by atoms with Crippen LogP contribution in [0.1, 0.15) is 125 Å². The molecule has 3 atom stereocenters. The lowest BCUT2D eigenvalue weighted by atomic mass is 9.59. The fourth-order valence-electron chi connectivity index (χ4n) is 13.1. The molecule has 388 valence electrons. The van der Waals surface area contributed by atoms with Gasteiger partial charge in [0.15, 0.2) is 0 Å². The van der Waals surface area contributed by atoms with Crippen LogP contribution in [-0.4, -0.2) is 105 Å². The van der Waals surface area contributed by atoms with E-state index in [9.17, 15) is 23.3 Å². The van der Waals surface area contributed by atoms with Crippen molar-refractivity contribution in [3.63, 3.8) is 0 Å². The van der Waals surface area contributed by atoms with E-state index in [1.807, 2.05) is 35.4 Å². The van der Waals surface area contributed by atoms with Gasteiger partial charge in [0.25, 0.3) is 21.6 Å². The van der Waals surface area contributed by atoms with Gasteiger partial charge in [-0.05, 0) is 149 Å². The number of methoxy groups -OCH3 is 1. The van der Waals surface area contributed by atoms with Crippen molar-refractivity contribution in [2.24, 2.45) is 17.3 Å². The molecule has 0 unspecified atom stereocenters. The van der Waals surface area contributed by atoms with Gasteiger partial charge in [-0.25, -0.2) is 13.1 Å². The van der Waals surface area contributed by atoms with E-state index in [0.717, 1.165) is 75.3 Å². The van der Waals surface area contributed by atoms with Crippen molar-refractivity contribution in [2.75, 3.05) is 68.2 Å². The van der Waals surface area contributed by atoms with Crippen LogP contribution < -0.4 is 24.6 Å². The molecule has 4 aliphatic heterocycles. The molecule has 5 fully saturated rings. The molecule has 3 aromatic carbocycles. The predicted octanol–water partition coefficient (Wildman–Crippen LogP) is 10.2. The quantitative estimate of drug-likeness (QED) is 0.0749. The number of sulfonamides is 1. The summed E-state index contributed by atoms with van der Waals surface area (Å²) in [6.07, 6.45) is 12.8. The second kappa shape index (κ2) is 19.8. The van der Waals surface area contributed by atoms with Gasteiger partial charge in [-0.3, -0.25) is 19.8 Å². The number of H-pyrrole nitrogens is 1. The van der Waals surface area contributed by atoms with Gasteiger partial charge in [-0.2, -0.15) is 4.98 Å². The Kier molecular flexibility index (Phi) is 13.4. The molecule has 1 amide bonds. The average Bonchev–Trinajstić information content (AvgIpc) is 4.03. The van der Waals surface area contributed by atoms with Gasteiger partial charge in [-0.15, -0.1) is 0 Å². The van der Waals surface area contributed by atoms with Crippen molar-refractivity contribution >= 4 is 55.4 Å². The van der Waals surface area contributed by atoms with E-state index in [4.69, 9.17) is 19.2 Å². The molecule has 11 rings (SSSR count). The number of aromatic amines is 1. The van der Waals surface area contributed by atoms with Crippen molar-refractivity contribution in [2.45, 2.75) is 126 Å². The summed E-state index contributed by atoms with van der Waals surface area (Å²) in [5.41, 5.74) is 5.80. The molecule has 2 aromatic heterocycles. The summed E-state index contributed by atoms with van der Waals surface area (Å²) in [5.74, 6) is 0.239. The largest absolute Gasteiger partial charge is 0.472 e. The lowest BCUT2D eigenvalue weighted by Gasteiger charge is -2.56. The Balaban J connectivity index is 0.860. The summed E-state index contributed by atoms with van der Waals surface area (Å²) in [4.78, 5) is 41.6. The molecule has 17 heteroatoms. The molecule has 0 bridgehead atoms. The first-order valence-corrected chi connectivity index (χ1v) is 28.1. The third kappa shape index (κ3) is 9.78. The molecule has 2 saturated carbocycles. The summed E-state index contributed by atoms with van der Waals surface area (Å²) in [6.45, 7) is 11.5. The minimum atomic E-state index is -4.60. The van der Waals surface area contributed by atoms with Crippen molar-refractivity contribution in [1.82, 2.24) is 19.6 Å². The second-order valence-electron chi connectivity index (χ2n) is 22.4. The molecule has 6 aliphatic rings. The van der Waals surface area contributed by atoms with Crippen molar-refractivity contribution in [3.05, 3.63) is 106 Å². The minimum absolute atomic E-state index is 0.0867. The van der Waals surface area contributed by atoms with E-state index in [0.29, 0.717) is 79.0 Å². The Morgan fingerprint density at radius 2 is 1.77 bits per heavy atom. The fraction of sp³-hybridized carbons (Fsp3) is 0.536.